The van der Waals surface area contributed by atoms with Crippen molar-refractivity contribution in [1.82, 2.24) is 4.90 Å². The summed E-state index contributed by atoms with van der Waals surface area (Å²) < 4.78 is 0. The third kappa shape index (κ3) is 10.5. The number of aliphatic hydroxyl groups excluding tert-OH is 2. The maximum absolute atomic E-state index is 12.8. The summed E-state index contributed by atoms with van der Waals surface area (Å²) in [6.45, 7) is 18.1. The summed E-state index contributed by atoms with van der Waals surface area (Å²) in [6.07, 6.45) is 5.77. The van der Waals surface area contributed by atoms with Gasteiger partial charge in [-0.1, -0.05) is 68.2 Å². The Morgan fingerprint density at radius 1 is 1.00 bits per heavy atom. The van der Waals surface area contributed by atoms with Crippen molar-refractivity contribution in [2.75, 3.05) is 13.7 Å². The minimum absolute atomic E-state index is 0.0207. The first-order valence-corrected chi connectivity index (χ1v) is 11.1. The summed E-state index contributed by atoms with van der Waals surface area (Å²) in [4.78, 5) is 14.8. The average molecular weight is 388 g/mol. The molecular weight excluding hydrogens is 338 g/mol. The fourth-order valence-electron chi connectivity index (χ4n) is 3.58. The Bertz CT molecular complexity index is 360. The normalized spacial score (nSPS) is 21.2. The molecule has 0 saturated carbocycles. The molecule has 1 aliphatic heterocycles. The Labute approximate surface area is 169 Å². The Morgan fingerprint density at radius 3 is 1.96 bits per heavy atom. The van der Waals surface area contributed by atoms with Crippen molar-refractivity contribution in [1.29, 1.82) is 0 Å². The van der Waals surface area contributed by atoms with E-state index < -0.39 is 6.10 Å². The minimum atomic E-state index is -0.397. The highest BCUT2D eigenvalue weighted by atomic mass is 16.3. The molecule has 0 aromatic carbocycles. The predicted molar refractivity (Wildman–Crippen MR) is 117 cm³/mol. The van der Waals surface area contributed by atoms with Crippen LogP contribution in [0.25, 0.3) is 0 Å². The van der Waals surface area contributed by atoms with E-state index in [0.717, 1.165) is 39.3 Å². The second-order valence-corrected chi connectivity index (χ2v) is 8.52. The zero-order valence-corrected chi connectivity index (χ0v) is 19.7. The summed E-state index contributed by atoms with van der Waals surface area (Å²) in [5, 5.41) is 17.4. The maximum Gasteiger partial charge on any atom is 0.223 e. The standard InChI is InChI=1S/C19H37NO2.C3H8.CH4O/c1-7-14(4)16(6)15(5)12-18(21)20-11-9-8-10-17(20)19(22)13(2)3;1-3-2;1-2/h13-17,19,22H,7-12H2,1-6H3;3H2,1-2H3;2H,1H3/t14-,15+,16-,17-,19+;;/m0../s1. The Hall–Kier alpha value is -0.610. The monoisotopic (exact) mass is 387 g/mol. The molecule has 4 heteroatoms. The summed E-state index contributed by atoms with van der Waals surface area (Å²) >= 11 is 0. The average Bonchev–Trinajstić information content (AvgIpc) is 2.68. The van der Waals surface area contributed by atoms with Gasteiger partial charge in [0.15, 0.2) is 0 Å². The highest BCUT2D eigenvalue weighted by Crippen LogP contribution is 2.29. The fraction of sp³-hybridized carbons (Fsp3) is 0.957. The van der Waals surface area contributed by atoms with Crippen molar-refractivity contribution >= 4 is 5.91 Å². The Morgan fingerprint density at radius 2 is 1.52 bits per heavy atom. The summed E-state index contributed by atoms with van der Waals surface area (Å²) in [5.74, 6) is 2.07. The van der Waals surface area contributed by atoms with Gasteiger partial charge >= 0.3 is 0 Å². The van der Waals surface area contributed by atoms with E-state index in [-0.39, 0.29) is 17.9 Å². The molecule has 27 heavy (non-hydrogen) atoms. The van der Waals surface area contributed by atoms with Crippen LogP contribution in [-0.4, -0.2) is 46.8 Å². The maximum atomic E-state index is 12.8. The van der Waals surface area contributed by atoms with E-state index in [4.69, 9.17) is 5.11 Å². The number of amides is 1. The lowest BCUT2D eigenvalue weighted by Gasteiger charge is -2.40. The van der Waals surface area contributed by atoms with Gasteiger partial charge in [0, 0.05) is 20.1 Å². The molecule has 1 saturated heterocycles. The number of aliphatic hydroxyl groups is 2. The zero-order valence-electron chi connectivity index (χ0n) is 19.7. The van der Waals surface area contributed by atoms with E-state index >= 15 is 0 Å². The van der Waals surface area contributed by atoms with Crippen LogP contribution in [0, 0.1) is 23.7 Å². The molecule has 164 valence electrons. The Balaban J connectivity index is 0. The van der Waals surface area contributed by atoms with Crippen molar-refractivity contribution in [3.8, 4) is 0 Å². The molecule has 1 aliphatic rings. The number of carbonyl (C=O) groups is 1. The molecule has 0 spiro atoms. The summed E-state index contributed by atoms with van der Waals surface area (Å²) in [6, 6.07) is 0.0207. The van der Waals surface area contributed by atoms with Crippen molar-refractivity contribution in [3.63, 3.8) is 0 Å². The highest BCUT2D eigenvalue weighted by Gasteiger charge is 2.34. The van der Waals surface area contributed by atoms with Crippen LogP contribution in [0.15, 0.2) is 0 Å². The molecule has 0 aliphatic carbocycles. The SMILES string of the molecule is CCC.CC[C@H](C)[C@H](C)[C@H](C)CC(=O)N1CCCC[C@H]1[C@H](O)C(C)C.CO. The molecule has 0 unspecified atom stereocenters. The lowest BCUT2D eigenvalue weighted by Crippen LogP contribution is -2.51. The van der Waals surface area contributed by atoms with Gasteiger partial charge < -0.3 is 15.1 Å². The molecule has 1 rings (SSSR count). The van der Waals surface area contributed by atoms with Crippen LogP contribution < -0.4 is 0 Å². The molecule has 1 heterocycles. The second kappa shape index (κ2) is 16.4. The Kier molecular flexibility index (Phi) is 17.3. The number of nitrogens with zero attached hydrogens (tertiary/aromatic N) is 1. The largest absolute Gasteiger partial charge is 0.400 e. The van der Waals surface area contributed by atoms with Gasteiger partial charge in [0.1, 0.15) is 0 Å². The quantitative estimate of drug-likeness (QED) is 0.637. The molecule has 5 atom stereocenters. The number of piperidine rings is 1. The van der Waals surface area contributed by atoms with Crippen molar-refractivity contribution < 1.29 is 15.0 Å². The van der Waals surface area contributed by atoms with Crippen LogP contribution in [-0.2, 0) is 4.79 Å². The molecular formula is C23H49NO3. The number of rotatable bonds is 7. The van der Waals surface area contributed by atoms with Gasteiger partial charge in [-0.25, -0.2) is 0 Å². The van der Waals surface area contributed by atoms with Gasteiger partial charge in [-0.15, -0.1) is 0 Å². The van der Waals surface area contributed by atoms with Gasteiger partial charge in [0.2, 0.25) is 5.91 Å². The third-order valence-electron chi connectivity index (χ3n) is 5.88. The van der Waals surface area contributed by atoms with Crippen LogP contribution in [0.3, 0.4) is 0 Å². The third-order valence-corrected chi connectivity index (χ3v) is 5.88. The van der Waals surface area contributed by atoms with E-state index in [1.54, 1.807) is 0 Å². The molecule has 2 N–H and O–H groups in total. The van der Waals surface area contributed by atoms with Crippen LogP contribution >= 0.6 is 0 Å². The molecule has 0 bridgehead atoms. The van der Waals surface area contributed by atoms with Gasteiger partial charge in [-0.05, 0) is 42.9 Å². The summed E-state index contributed by atoms with van der Waals surface area (Å²) in [7, 11) is 1.00. The first-order valence-electron chi connectivity index (χ1n) is 11.1. The highest BCUT2D eigenvalue weighted by molar-refractivity contribution is 5.77. The van der Waals surface area contributed by atoms with Crippen molar-refractivity contribution in [2.24, 2.45) is 23.7 Å². The molecule has 0 aromatic heterocycles. The van der Waals surface area contributed by atoms with E-state index in [1.807, 2.05) is 18.7 Å². The molecule has 1 amide bonds. The van der Waals surface area contributed by atoms with Crippen LogP contribution in [0.5, 0.6) is 0 Å². The number of likely N-dealkylation sites (tertiary alicyclic amines) is 1. The summed E-state index contributed by atoms with van der Waals surface area (Å²) in [5.41, 5.74) is 0. The van der Waals surface area contributed by atoms with Gasteiger partial charge in [-0.2, -0.15) is 0 Å². The lowest BCUT2D eigenvalue weighted by molar-refractivity contribution is -0.140. The zero-order chi connectivity index (χ0) is 21.6. The molecule has 0 aromatic rings. The number of carbonyl (C=O) groups excluding carboxylic acids is 1. The van der Waals surface area contributed by atoms with Gasteiger partial charge in [0.25, 0.3) is 0 Å². The first kappa shape index (κ1) is 28.6. The van der Waals surface area contributed by atoms with E-state index in [0.29, 0.717) is 24.2 Å². The number of hydrogen-bond donors (Lipinski definition) is 2. The van der Waals surface area contributed by atoms with E-state index in [2.05, 4.69) is 41.5 Å². The minimum Gasteiger partial charge on any atom is -0.400 e. The van der Waals surface area contributed by atoms with Crippen molar-refractivity contribution in [2.45, 2.75) is 106 Å². The lowest BCUT2D eigenvalue weighted by atomic mass is 9.81. The molecule has 0 radical (unpaired) electrons. The molecule has 1 fully saturated rings. The smallest absolute Gasteiger partial charge is 0.223 e. The van der Waals surface area contributed by atoms with E-state index in [9.17, 15) is 9.90 Å². The van der Waals surface area contributed by atoms with Gasteiger partial charge in [-0.3, -0.25) is 4.79 Å². The predicted octanol–water partition coefficient (Wildman–Crippen LogP) is 5.12. The second-order valence-electron chi connectivity index (χ2n) is 8.52. The van der Waals surface area contributed by atoms with Gasteiger partial charge in [0.05, 0.1) is 12.1 Å². The first-order chi connectivity index (χ1) is 12.7. The molecule has 4 nitrogen and oxygen atoms in total. The van der Waals surface area contributed by atoms with Crippen LogP contribution in [0.2, 0.25) is 0 Å². The topological polar surface area (TPSA) is 60.8 Å². The van der Waals surface area contributed by atoms with Crippen LogP contribution in [0.4, 0.5) is 0 Å². The van der Waals surface area contributed by atoms with E-state index in [1.165, 1.54) is 6.42 Å². The fourth-order valence-corrected chi connectivity index (χ4v) is 3.58. The van der Waals surface area contributed by atoms with Crippen molar-refractivity contribution in [3.05, 3.63) is 0 Å². The number of hydrogen-bond acceptors (Lipinski definition) is 3. The van der Waals surface area contributed by atoms with Crippen LogP contribution in [0.1, 0.15) is 93.9 Å².